The van der Waals surface area contributed by atoms with Gasteiger partial charge in [0.1, 0.15) is 5.82 Å². The summed E-state index contributed by atoms with van der Waals surface area (Å²) in [6, 6.07) is 11.7. The Morgan fingerprint density at radius 3 is 3.00 bits per heavy atom. The van der Waals surface area contributed by atoms with Gasteiger partial charge in [-0.25, -0.2) is 5.10 Å². The second kappa shape index (κ2) is 6.88. The van der Waals surface area contributed by atoms with Crippen LogP contribution in [0.4, 0.5) is 11.6 Å². The number of aromatic nitrogens is 4. The molecule has 0 amide bonds. The molecule has 1 saturated heterocycles. The van der Waals surface area contributed by atoms with Crippen molar-refractivity contribution < 1.29 is 0 Å². The van der Waals surface area contributed by atoms with Crippen LogP contribution in [0.2, 0.25) is 0 Å². The van der Waals surface area contributed by atoms with Crippen LogP contribution in [-0.4, -0.2) is 39.5 Å². The molecule has 3 heterocycles. The zero-order valence-corrected chi connectivity index (χ0v) is 13.9. The van der Waals surface area contributed by atoms with E-state index in [2.05, 4.69) is 36.7 Å². The Balaban J connectivity index is 1.53. The second-order valence-corrected chi connectivity index (χ2v) is 6.28. The maximum absolute atomic E-state index is 11.3. The molecule has 0 bridgehead atoms. The Kier molecular flexibility index (Phi) is 4.28. The number of benzene rings is 1. The summed E-state index contributed by atoms with van der Waals surface area (Å²) in [6.07, 6.45) is 5.17. The van der Waals surface area contributed by atoms with Crippen molar-refractivity contribution in [2.45, 2.75) is 25.3 Å². The minimum absolute atomic E-state index is 0.179. The van der Waals surface area contributed by atoms with Gasteiger partial charge < -0.3 is 10.2 Å². The van der Waals surface area contributed by atoms with Crippen LogP contribution in [0.3, 0.4) is 0 Å². The van der Waals surface area contributed by atoms with E-state index in [1.807, 2.05) is 18.2 Å². The van der Waals surface area contributed by atoms with E-state index in [4.69, 9.17) is 0 Å². The second-order valence-electron chi connectivity index (χ2n) is 6.28. The smallest absolute Gasteiger partial charge is 0.264 e. The van der Waals surface area contributed by atoms with Crippen LogP contribution in [0.15, 0.2) is 47.4 Å². The Hall–Kier alpha value is -2.96. The molecule has 0 radical (unpaired) electrons. The number of hydrogen-bond donors (Lipinski definition) is 2. The van der Waals surface area contributed by atoms with Crippen LogP contribution in [-0.2, 0) is 0 Å². The number of aromatic amines is 1. The first-order chi connectivity index (χ1) is 12.3. The molecular weight excluding hydrogens is 316 g/mol. The molecular formula is C18H20N6O. The summed E-state index contributed by atoms with van der Waals surface area (Å²) in [5.74, 6) is 1.62. The minimum atomic E-state index is -0.179. The lowest BCUT2D eigenvalue weighted by atomic mass is 10.0. The van der Waals surface area contributed by atoms with Gasteiger partial charge in [-0.1, -0.05) is 24.3 Å². The highest BCUT2D eigenvalue weighted by Gasteiger charge is 2.24. The molecule has 7 heteroatoms. The van der Waals surface area contributed by atoms with Crippen molar-refractivity contribution in [3.8, 4) is 0 Å². The molecule has 0 spiro atoms. The van der Waals surface area contributed by atoms with Gasteiger partial charge in [-0.2, -0.15) is 10.2 Å². The highest BCUT2D eigenvalue weighted by atomic mass is 16.1. The van der Waals surface area contributed by atoms with E-state index < -0.39 is 0 Å². The largest absolute Gasteiger partial charge is 0.366 e. The topological polar surface area (TPSA) is 86.8 Å². The van der Waals surface area contributed by atoms with Crippen molar-refractivity contribution in [2.24, 2.45) is 0 Å². The van der Waals surface area contributed by atoms with Gasteiger partial charge in [0, 0.05) is 36.0 Å². The molecule has 1 aromatic carbocycles. The summed E-state index contributed by atoms with van der Waals surface area (Å²) in [5, 5.41) is 20.7. The number of H-pyrrole nitrogens is 1. The minimum Gasteiger partial charge on any atom is -0.366 e. The van der Waals surface area contributed by atoms with Crippen molar-refractivity contribution in [1.29, 1.82) is 0 Å². The molecule has 4 rings (SSSR count). The third-order valence-corrected chi connectivity index (χ3v) is 4.66. The molecule has 7 nitrogen and oxygen atoms in total. The van der Waals surface area contributed by atoms with Crippen molar-refractivity contribution in [2.75, 3.05) is 23.3 Å². The zero-order valence-electron chi connectivity index (χ0n) is 13.9. The van der Waals surface area contributed by atoms with Crippen LogP contribution >= 0.6 is 0 Å². The number of rotatable bonds is 4. The third-order valence-electron chi connectivity index (χ3n) is 4.66. The summed E-state index contributed by atoms with van der Waals surface area (Å²) in [4.78, 5) is 13.5. The molecule has 0 saturated carbocycles. The first kappa shape index (κ1) is 15.6. The van der Waals surface area contributed by atoms with Gasteiger partial charge in [0.15, 0.2) is 5.82 Å². The van der Waals surface area contributed by atoms with Gasteiger partial charge in [-0.15, -0.1) is 5.10 Å². The molecule has 1 aliphatic rings. The number of nitrogens with one attached hydrogen (secondary N) is 2. The molecule has 1 atom stereocenters. The molecule has 25 heavy (non-hydrogen) atoms. The Morgan fingerprint density at radius 1 is 1.20 bits per heavy atom. The van der Waals surface area contributed by atoms with Crippen molar-refractivity contribution in [3.05, 3.63) is 52.9 Å². The molecule has 1 unspecified atom stereocenters. The van der Waals surface area contributed by atoms with E-state index in [1.54, 1.807) is 12.3 Å². The summed E-state index contributed by atoms with van der Waals surface area (Å²) >= 11 is 0. The Labute approximate surface area is 145 Å². The third kappa shape index (κ3) is 3.31. The number of nitrogens with zero attached hydrogens (tertiary/aromatic N) is 4. The van der Waals surface area contributed by atoms with Crippen LogP contribution in [0.5, 0.6) is 0 Å². The quantitative estimate of drug-likeness (QED) is 0.759. The van der Waals surface area contributed by atoms with Gasteiger partial charge in [0.2, 0.25) is 0 Å². The molecule has 128 valence electrons. The summed E-state index contributed by atoms with van der Waals surface area (Å²) in [5.41, 5.74) is -0.179. The average Bonchev–Trinajstić information content (AvgIpc) is 2.67. The van der Waals surface area contributed by atoms with Gasteiger partial charge in [-0.3, -0.25) is 4.79 Å². The van der Waals surface area contributed by atoms with E-state index in [0.717, 1.165) is 48.3 Å². The molecule has 2 aromatic heterocycles. The molecule has 1 fully saturated rings. The van der Waals surface area contributed by atoms with Crippen LogP contribution in [0, 0.1) is 0 Å². The normalized spacial score (nSPS) is 17.6. The van der Waals surface area contributed by atoms with E-state index in [-0.39, 0.29) is 5.56 Å². The maximum atomic E-state index is 11.3. The first-order valence-corrected chi connectivity index (χ1v) is 8.58. The fraction of sp³-hybridized carbons (Fsp3) is 0.333. The van der Waals surface area contributed by atoms with E-state index in [1.165, 1.54) is 12.5 Å². The van der Waals surface area contributed by atoms with Crippen LogP contribution < -0.4 is 15.8 Å². The summed E-state index contributed by atoms with van der Waals surface area (Å²) < 4.78 is 0. The Morgan fingerprint density at radius 2 is 2.12 bits per heavy atom. The summed E-state index contributed by atoms with van der Waals surface area (Å²) in [7, 11) is 0. The zero-order chi connectivity index (χ0) is 17.1. The van der Waals surface area contributed by atoms with Gasteiger partial charge in [0.25, 0.3) is 5.56 Å². The standard InChI is InChI=1S/C18H20N6O/c25-17-9-8-16(21-22-17)24-10-4-3-6-14(24)12-19-18-15-7-2-1-5-13(15)11-20-23-18/h1-2,5,7-9,11,14H,3-4,6,10,12H2,(H,19,23)(H,22,25). The fourth-order valence-corrected chi connectivity index (χ4v) is 3.38. The molecule has 1 aliphatic heterocycles. The van der Waals surface area contributed by atoms with Crippen LogP contribution in [0.25, 0.3) is 10.8 Å². The number of piperidine rings is 1. The predicted molar refractivity (Wildman–Crippen MR) is 97.9 cm³/mol. The van der Waals surface area contributed by atoms with E-state index in [0.29, 0.717) is 6.04 Å². The van der Waals surface area contributed by atoms with E-state index in [9.17, 15) is 4.79 Å². The van der Waals surface area contributed by atoms with Crippen LogP contribution in [0.1, 0.15) is 19.3 Å². The maximum Gasteiger partial charge on any atom is 0.264 e. The first-order valence-electron chi connectivity index (χ1n) is 8.58. The predicted octanol–water partition coefficient (Wildman–Crippen LogP) is 2.18. The van der Waals surface area contributed by atoms with Gasteiger partial charge in [0.05, 0.1) is 6.20 Å². The van der Waals surface area contributed by atoms with Gasteiger partial charge in [-0.05, 0) is 25.3 Å². The molecule has 2 N–H and O–H groups in total. The lowest BCUT2D eigenvalue weighted by Crippen LogP contribution is -2.44. The highest BCUT2D eigenvalue weighted by molar-refractivity contribution is 5.90. The number of hydrogen-bond acceptors (Lipinski definition) is 6. The van der Waals surface area contributed by atoms with Crippen molar-refractivity contribution >= 4 is 22.4 Å². The monoisotopic (exact) mass is 336 g/mol. The van der Waals surface area contributed by atoms with Crippen molar-refractivity contribution in [1.82, 2.24) is 20.4 Å². The van der Waals surface area contributed by atoms with Crippen molar-refractivity contribution in [3.63, 3.8) is 0 Å². The summed E-state index contributed by atoms with van der Waals surface area (Å²) in [6.45, 7) is 1.69. The van der Waals surface area contributed by atoms with E-state index >= 15 is 0 Å². The SMILES string of the molecule is O=c1ccc(N2CCCCC2CNc2nncc3ccccc23)n[nH]1. The van der Waals surface area contributed by atoms with Gasteiger partial charge >= 0.3 is 0 Å². The highest BCUT2D eigenvalue weighted by Crippen LogP contribution is 2.24. The molecule has 3 aromatic rings. The number of anilines is 2. The Bertz CT molecular complexity index is 899. The lowest BCUT2D eigenvalue weighted by Gasteiger charge is -2.36. The molecule has 0 aliphatic carbocycles. The fourth-order valence-electron chi connectivity index (χ4n) is 3.38. The lowest BCUT2D eigenvalue weighted by molar-refractivity contribution is 0.467. The number of fused-ring (bicyclic) bond motifs is 1. The average molecular weight is 336 g/mol.